The summed E-state index contributed by atoms with van der Waals surface area (Å²) in [6, 6.07) is 17.2. The van der Waals surface area contributed by atoms with Gasteiger partial charge in [0.2, 0.25) is 0 Å². The van der Waals surface area contributed by atoms with Gasteiger partial charge < -0.3 is 25.1 Å². The molecule has 0 spiro atoms. The van der Waals surface area contributed by atoms with Crippen molar-refractivity contribution in [2.24, 2.45) is 4.99 Å². The van der Waals surface area contributed by atoms with Gasteiger partial charge in [0.1, 0.15) is 35.5 Å². The van der Waals surface area contributed by atoms with Crippen LogP contribution in [0.15, 0.2) is 87.5 Å². The lowest BCUT2D eigenvalue weighted by Gasteiger charge is -2.17. The average Bonchev–Trinajstić information content (AvgIpc) is 3.43. The molecular formula is C30H34FN5O4S. The van der Waals surface area contributed by atoms with Crippen LogP contribution < -0.4 is 20.7 Å². The number of nitrogens with one attached hydrogen (secondary N) is 4. The van der Waals surface area contributed by atoms with Crippen molar-refractivity contribution >= 4 is 33.1 Å². The van der Waals surface area contributed by atoms with E-state index in [1.54, 1.807) is 31.3 Å². The summed E-state index contributed by atoms with van der Waals surface area (Å²) in [5.41, 5.74) is 2.90. The largest absolute Gasteiger partial charge is 0.489 e. The molecule has 0 amide bonds. The van der Waals surface area contributed by atoms with Crippen molar-refractivity contribution in [3.05, 3.63) is 101 Å². The van der Waals surface area contributed by atoms with Gasteiger partial charge >= 0.3 is 0 Å². The Morgan fingerprint density at radius 3 is 2.63 bits per heavy atom. The second-order valence-electron chi connectivity index (χ2n) is 9.40. The van der Waals surface area contributed by atoms with Gasteiger partial charge in [-0.15, -0.1) is 0 Å². The van der Waals surface area contributed by atoms with E-state index in [1.807, 2.05) is 37.3 Å². The van der Waals surface area contributed by atoms with Gasteiger partial charge in [-0.2, -0.15) is 0 Å². The number of rotatable bonds is 14. The number of sulfone groups is 1. The standard InChI is InChI=1S/C30H34FN5O4S/c1-3-14-41(37,38)15-13-34-18-25-11-12-29(40-25)28-17-26(27(32)19-35-28)30(33-2)36-23-7-9-24(10-8-23)39-20-21-5-4-6-22(31)16-21/h4-12,16-17,19,32-34,36H,3,13-15,18,20H2,1-2H3/b30-26+,32-27?. The van der Waals surface area contributed by atoms with E-state index < -0.39 is 9.84 Å². The highest BCUT2D eigenvalue weighted by Crippen LogP contribution is 2.26. The van der Waals surface area contributed by atoms with Crippen molar-refractivity contribution in [1.82, 2.24) is 10.6 Å². The molecule has 9 nitrogen and oxygen atoms in total. The number of halogens is 1. The van der Waals surface area contributed by atoms with E-state index in [4.69, 9.17) is 14.6 Å². The Labute approximate surface area is 239 Å². The molecular weight excluding hydrogens is 545 g/mol. The Morgan fingerprint density at radius 1 is 1.10 bits per heavy atom. The van der Waals surface area contributed by atoms with E-state index in [2.05, 4.69) is 20.9 Å². The second-order valence-corrected chi connectivity index (χ2v) is 11.7. The van der Waals surface area contributed by atoms with Crippen LogP contribution in [0.2, 0.25) is 0 Å². The molecule has 2 aromatic carbocycles. The molecule has 11 heteroatoms. The van der Waals surface area contributed by atoms with Gasteiger partial charge in [0.15, 0.2) is 15.6 Å². The van der Waals surface area contributed by atoms with E-state index in [-0.39, 0.29) is 29.6 Å². The first-order valence-electron chi connectivity index (χ1n) is 13.3. The minimum Gasteiger partial charge on any atom is -0.489 e. The lowest BCUT2D eigenvalue weighted by molar-refractivity contribution is 0.305. The van der Waals surface area contributed by atoms with Gasteiger partial charge in [-0.1, -0.05) is 19.1 Å². The Balaban J connectivity index is 1.39. The molecule has 1 aliphatic rings. The maximum absolute atomic E-state index is 13.4. The van der Waals surface area contributed by atoms with E-state index >= 15 is 0 Å². The number of ether oxygens (including phenoxy) is 1. The summed E-state index contributed by atoms with van der Waals surface area (Å²) in [5, 5.41) is 17.9. The summed E-state index contributed by atoms with van der Waals surface area (Å²) in [7, 11) is -1.28. The average molecular weight is 580 g/mol. The fraction of sp³-hybridized carbons (Fsp3) is 0.267. The zero-order valence-electron chi connectivity index (χ0n) is 23.0. The van der Waals surface area contributed by atoms with E-state index in [0.717, 1.165) is 11.3 Å². The smallest absolute Gasteiger partial charge is 0.152 e. The SMILES string of the molecule is CCCS(=O)(=O)CCNCc1ccc(C2=C/C(=C(/NC)Nc3ccc(OCc4cccc(F)c4)cc3)C(=N)C=N2)o1. The fourth-order valence-electron chi connectivity index (χ4n) is 4.10. The molecule has 0 bridgehead atoms. The van der Waals surface area contributed by atoms with Crippen LogP contribution in [0.3, 0.4) is 0 Å². The maximum atomic E-state index is 13.4. The molecule has 0 saturated carbocycles. The highest BCUT2D eigenvalue weighted by atomic mass is 32.2. The first-order chi connectivity index (χ1) is 19.8. The topological polar surface area (TPSA) is 129 Å². The van der Waals surface area contributed by atoms with Crippen LogP contribution in [-0.4, -0.2) is 45.4 Å². The molecule has 0 radical (unpaired) electrons. The number of hydrogen-bond donors (Lipinski definition) is 4. The number of allylic oxidation sites excluding steroid dienone is 2. The maximum Gasteiger partial charge on any atom is 0.152 e. The van der Waals surface area contributed by atoms with E-state index in [0.29, 0.717) is 53.9 Å². The van der Waals surface area contributed by atoms with Crippen molar-refractivity contribution in [1.29, 1.82) is 5.41 Å². The zero-order valence-corrected chi connectivity index (χ0v) is 23.9. The van der Waals surface area contributed by atoms with Crippen molar-refractivity contribution in [2.45, 2.75) is 26.5 Å². The van der Waals surface area contributed by atoms with Crippen molar-refractivity contribution < 1.29 is 22.0 Å². The molecule has 0 saturated heterocycles. The van der Waals surface area contributed by atoms with Gasteiger partial charge in [-0.05, 0) is 66.6 Å². The monoisotopic (exact) mass is 579 g/mol. The van der Waals surface area contributed by atoms with Crippen LogP contribution in [0.1, 0.15) is 30.4 Å². The quantitative estimate of drug-likeness (QED) is 0.200. The van der Waals surface area contributed by atoms with Gasteiger partial charge in [0.25, 0.3) is 0 Å². The highest BCUT2D eigenvalue weighted by Gasteiger charge is 2.17. The van der Waals surface area contributed by atoms with Crippen molar-refractivity contribution in [3.63, 3.8) is 0 Å². The van der Waals surface area contributed by atoms with Crippen LogP contribution in [0.5, 0.6) is 5.75 Å². The Bertz CT molecular complexity index is 1560. The number of benzene rings is 2. The molecule has 0 atom stereocenters. The summed E-state index contributed by atoms with van der Waals surface area (Å²) >= 11 is 0. The summed E-state index contributed by atoms with van der Waals surface area (Å²) < 4.78 is 48.8. The highest BCUT2D eigenvalue weighted by molar-refractivity contribution is 7.91. The van der Waals surface area contributed by atoms with Gasteiger partial charge in [-0.3, -0.25) is 10.4 Å². The third kappa shape index (κ3) is 8.63. The molecule has 4 rings (SSSR count). The number of hydrogen-bond acceptors (Lipinski definition) is 9. The molecule has 41 heavy (non-hydrogen) atoms. The third-order valence-corrected chi connectivity index (χ3v) is 8.02. The summed E-state index contributed by atoms with van der Waals surface area (Å²) in [6.07, 6.45) is 3.84. The normalized spacial score (nSPS) is 14.5. The number of anilines is 1. The van der Waals surface area contributed by atoms with Crippen LogP contribution in [0.25, 0.3) is 5.70 Å². The molecule has 4 N–H and O–H groups in total. The number of nitrogens with zero attached hydrogens (tertiary/aromatic N) is 1. The molecule has 3 aromatic rings. The molecule has 1 aliphatic heterocycles. The Hall–Kier alpha value is -4.22. The number of furan rings is 1. The molecule has 1 aromatic heterocycles. The molecule has 216 valence electrons. The van der Waals surface area contributed by atoms with Crippen molar-refractivity contribution in [2.75, 3.05) is 30.4 Å². The molecule has 0 aliphatic carbocycles. The van der Waals surface area contributed by atoms with Crippen LogP contribution in [0.4, 0.5) is 10.1 Å². The molecule has 0 fully saturated rings. The minimum absolute atomic E-state index is 0.0879. The summed E-state index contributed by atoms with van der Waals surface area (Å²) in [6.45, 7) is 2.84. The lowest BCUT2D eigenvalue weighted by Crippen LogP contribution is -2.23. The predicted octanol–water partition coefficient (Wildman–Crippen LogP) is 4.90. The van der Waals surface area contributed by atoms with E-state index in [9.17, 15) is 12.8 Å². The first kappa shape index (κ1) is 29.8. The van der Waals surface area contributed by atoms with Crippen LogP contribution in [-0.2, 0) is 23.0 Å². The van der Waals surface area contributed by atoms with Gasteiger partial charge in [0.05, 0.1) is 24.2 Å². The minimum atomic E-state index is -3.04. The fourth-order valence-corrected chi connectivity index (χ4v) is 5.38. The second kappa shape index (κ2) is 13.9. The first-order valence-corrected chi connectivity index (χ1v) is 15.1. The van der Waals surface area contributed by atoms with Crippen molar-refractivity contribution in [3.8, 4) is 5.75 Å². The van der Waals surface area contributed by atoms with Crippen LogP contribution in [0, 0.1) is 11.2 Å². The predicted molar refractivity (Wildman–Crippen MR) is 160 cm³/mol. The Kier molecular flexibility index (Phi) is 10.1. The Morgan fingerprint density at radius 2 is 1.90 bits per heavy atom. The van der Waals surface area contributed by atoms with Gasteiger partial charge in [0, 0.05) is 30.6 Å². The lowest BCUT2D eigenvalue weighted by atomic mass is 10.1. The third-order valence-electron chi connectivity index (χ3n) is 6.16. The van der Waals surface area contributed by atoms with Gasteiger partial charge in [-0.25, -0.2) is 12.8 Å². The van der Waals surface area contributed by atoms with E-state index in [1.165, 1.54) is 18.3 Å². The molecule has 0 unspecified atom stereocenters. The number of aliphatic imine (C=N–C) groups is 1. The molecule has 2 heterocycles. The summed E-state index contributed by atoms with van der Waals surface area (Å²) in [5.74, 6) is 2.42. The zero-order chi connectivity index (χ0) is 29.2. The van der Waals surface area contributed by atoms with Crippen LogP contribution >= 0.6 is 0 Å². The summed E-state index contributed by atoms with van der Waals surface area (Å²) in [4.78, 5) is 4.37.